The number of rotatable bonds is 6. The SMILES string of the molecule is Nc1cccc(-c2ccc(Cl)c(C(=O)Nc3cc(C(=O)NC4CC(F)(F)C4)nn3-c3ccccc3)c2)n1. The van der Waals surface area contributed by atoms with Crippen LogP contribution < -0.4 is 16.4 Å². The number of hydrogen-bond acceptors (Lipinski definition) is 5. The molecule has 1 aliphatic carbocycles. The largest absolute Gasteiger partial charge is 0.384 e. The van der Waals surface area contributed by atoms with Crippen molar-refractivity contribution in [2.24, 2.45) is 0 Å². The van der Waals surface area contributed by atoms with Gasteiger partial charge >= 0.3 is 0 Å². The highest BCUT2D eigenvalue weighted by Crippen LogP contribution is 2.37. The standard InChI is InChI=1S/C26H21ClF2N6O2/c27-19-10-9-15(20-7-4-8-22(30)32-20)11-18(19)24(36)33-23-12-21(25(37)31-16-13-26(28,29)14-16)34-35(23)17-5-2-1-3-6-17/h1-12,16H,13-14H2,(H2,30,32)(H,31,37)(H,33,36). The molecule has 0 saturated heterocycles. The van der Waals surface area contributed by atoms with Gasteiger partial charge in [-0.25, -0.2) is 18.4 Å². The fourth-order valence-electron chi connectivity index (χ4n) is 4.02. The Morgan fingerprint density at radius 2 is 1.76 bits per heavy atom. The lowest BCUT2D eigenvalue weighted by molar-refractivity contribution is -0.0901. The molecule has 0 unspecified atom stereocenters. The minimum absolute atomic E-state index is 0.0295. The van der Waals surface area contributed by atoms with Gasteiger partial charge in [0.25, 0.3) is 17.7 Å². The second-order valence-corrected chi connectivity index (χ2v) is 9.10. The van der Waals surface area contributed by atoms with E-state index in [1.807, 2.05) is 6.07 Å². The van der Waals surface area contributed by atoms with Crippen LogP contribution in [0.2, 0.25) is 5.02 Å². The lowest BCUT2D eigenvalue weighted by Gasteiger charge is -2.35. The molecule has 2 amide bonds. The summed E-state index contributed by atoms with van der Waals surface area (Å²) >= 11 is 6.34. The number of aromatic nitrogens is 3. The molecule has 2 heterocycles. The quantitative estimate of drug-likeness (QED) is 0.331. The Bertz CT molecular complexity index is 1480. The van der Waals surface area contributed by atoms with E-state index in [1.165, 1.54) is 10.7 Å². The summed E-state index contributed by atoms with van der Waals surface area (Å²) in [6.07, 6.45) is -0.836. The fraction of sp³-hybridized carbons (Fsp3) is 0.154. The maximum atomic E-state index is 13.3. The van der Waals surface area contributed by atoms with Crippen LogP contribution in [0.5, 0.6) is 0 Å². The van der Waals surface area contributed by atoms with Crippen molar-refractivity contribution in [1.29, 1.82) is 0 Å². The molecule has 0 bridgehead atoms. The first-order chi connectivity index (χ1) is 17.7. The predicted molar refractivity (Wildman–Crippen MR) is 136 cm³/mol. The number of carbonyl (C=O) groups excluding carboxylic acids is 2. The monoisotopic (exact) mass is 522 g/mol. The summed E-state index contributed by atoms with van der Waals surface area (Å²) in [4.78, 5) is 30.3. The van der Waals surface area contributed by atoms with Crippen LogP contribution in [0.25, 0.3) is 16.9 Å². The number of anilines is 2. The average molecular weight is 523 g/mol. The van der Waals surface area contributed by atoms with Crippen molar-refractivity contribution in [2.75, 3.05) is 11.1 Å². The maximum Gasteiger partial charge on any atom is 0.272 e. The molecule has 1 fully saturated rings. The molecule has 0 radical (unpaired) electrons. The van der Waals surface area contributed by atoms with Crippen LogP contribution in [0.1, 0.15) is 33.7 Å². The molecule has 4 aromatic rings. The second kappa shape index (κ2) is 9.62. The summed E-state index contributed by atoms with van der Waals surface area (Å²) in [5.41, 5.74) is 7.71. The third kappa shape index (κ3) is 5.29. The first kappa shape index (κ1) is 24.4. The number of para-hydroxylation sites is 1. The number of halogens is 3. The molecular weight excluding hydrogens is 502 g/mol. The van der Waals surface area contributed by atoms with Gasteiger partial charge in [-0.1, -0.05) is 41.9 Å². The molecule has 0 spiro atoms. The topological polar surface area (TPSA) is 115 Å². The van der Waals surface area contributed by atoms with Crippen LogP contribution in [0.15, 0.2) is 72.8 Å². The molecule has 11 heteroatoms. The van der Waals surface area contributed by atoms with E-state index in [0.29, 0.717) is 22.8 Å². The van der Waals surface area contributed by atoms with Crippen LogP contribution in [0.3, 0.4) is 0 Å². The third-order valence-corrected chi connectivity index (χ3v) is 6.22. The van der Waals surface area contributed by atoms with Gasteiger partial charge in [-0.05, 0) is 36.4 Å². The molecule has 4 N–H and O–H groups in total. The Hall–Kier alpha value is -4.31. The van der Waals surface area contributed by atoms with Gasteiger partial charge < -0.3 is 16.4 Å². The van der Waals surface area contributed by atoms with Crippen LogP contribution in [-0.2, 0) is 0 Å². The summed E-state index contributed by atoms with van der Waals surface area (Å²) in [6, 6.07) is 19.7. The predicted octanol–water partition coefficient (Wildman–Crippen LogP) is 4.95. The Balaban J connectivity index is 1.44. The van der Waals surface area contributed by atoms with Crippen molar-refractivity contribution in [1.82, 2.24) is 20.1 Å². The molecular formula is C26H21ClF2N6O2. The molecule has 0 atom stereocenters. The third-order valence-electron chi connectivity index (χ3n) is 5.89. The zero-order valence-corrected chi connectivity index (χ0v) is 20.0. The van der Waals surface area contributed by atoms with Crippen LogP contribution >= 0.6 is 11.6 Å². The van der Waals surface area contributed by atoms with E-state index in [1.54, 1.807) is 60.7 Å². The van der Waals surface area contributed by atoms with Gasteiger partial charge in [0.2, 0.25) is 0 Å². The summed E-state index contributed by atoms with van der Waals surface area (Å²) in [5.74, 6) is -3.39. The molecule has 1 aliphatic rings. The average Bonchev–Trinajstić information content (AvgIpc) is 3.27. The zero-order chi connectivity index (χ0) is 26.2. The lowest BCUT2D eigenvalue weighted by Crippen LogP contribution is -2.50. The second-order valence-electron chi connectivity index (χ2n) is 8.69. The van der Waals surface area contributed by atoms with Gasteiger partial charge in [-0.15, -0.1) is 0 Å². The number of nitrogens with one attached hydrogen (secondary N) is 2. The van der Waals surface area contributed by atoms with E-state index < -0.39 is 36.6 Å². The molecule has 2 aromatic heterocycles. The normalized spacial score (nSPS) is 14.6. The first-order valence-corrected chi connectivity index (χ1v) is 11.7. The molecule has 1 saturated carbocycles. The van der Waals surface area contributed by atoms with Crippen molar-refractivity contribution >= 4 is 35.1 Å². The summed E-state index contributed by atoms with van der Waals surface area (Å²) in [5, 5.41) is 9.84. The number of hydrogen-bond donors (Lipinski definition) is 3. The highest BCUT2D eigenvalue weighted by atomic mass is 35.5. The molecule has 188 valence electrons. The van der Waals surface area contributed by atoms with Gasteiger partial charge in [0.05, 0.1) is 22.0 Å². The number of pyridine rings is 1. The van der Waals surface area contributed by atoms with E-state index in [9.17, 15) is 18.4 Å². The highest BCUT2D eigenvalue weighted by molar-refractivity contribution is 6.34. The van der Waals surface area contributed by atoms with E-state index >= 15 is 0 Å². The molecule has 2 aromatic carbocycles. The number of nitrogen functional groups attached to an aromatic ring is 1. The van der Waals surface area contributed by atoms with E-state index in [2.05, 4.69) is 20.7 Å². The maximum absolute atomic E-state index is 13.3. The number of carbonyl (C=O) groups is 2. The van der Waals surface area contributed by atoms with Gasteiger partial charge in [-0.2, -0.15) is 5.10 Å². The van der Waals surface area contributed by atoms with Gasteiger partial charge in [0.1, 0.15) is 11.6 Å². The van der Waals surface area contributed by atoms with E-state index in [-0.39, 0.29) is 22.1 Å². The lowest BCUT2D eigenvalue weighted by atomic mass is 9.88. The van der Waals surface area contributed by atoms with Crippen molar-refractivity contribution in [3.8, 4) is 16.9 Å². The summed E-state index contributed by atoms with van der Waals surface area (Å²) in [7, 11) is 0. The Morgan fingerprint density at radius 3 is 2.46 bits per heavy atom. The Morgan fingerprint density at radius 1 is 1.00 bits per heavy atom. The van der Waals surface area contributed by atoms with Gasteiger partial charge in [-0.3, -0.25) is 9.59 Å². The number of nitrogens with two attached hydrogens (primary N) is 1. The molecule has 8 nitrogen and oxygen atoms in total. The number of alkyl halides is 2. The van der Waals surface area contributed by atoms with Crippen LogP contribution in [0, 0.1) is 0 Å². The minimum Gasteiger partial charge on any atom is -0.384 e. The van der Waals surface area contributed by atoms with Crippen LogP contribution in [-0.4, -0.2) is 38.5 Å². The Kier molecular flexibility index (Phi) is 6.34. The number of nitrogens with zero attached hydrogens (tertiary/aromatic N) is 3. The Labute approximate surface area is 215 Å². The van der Waals surface area contributed by atoms with E-state index in [4.69, 9.17) is 17.3 Å². The fourth-order valence-corrected chi connectivity index (χ4v) is 4.23. The first-order valence-electron chi connectivity index (χ1n) is 11.4. The van der Waals surface area contributed by atoms with Crippen molar-refractivity contribution in [3.05, 3.63) is 89.1 Å². The molecule has 0 aliphatic heterocycles. The molecule has 5 rings (SSSR count). The minimum atomic E-state index is -2.77. The van der Waals surface area contributed by atoms with Gasteiger partial charge in [0, 0.05) is 30.5 Å². The number of amides is 2. The van der Waals surface area contributed by atoms with E-state index in [0.717, 1.165) is 0 Å². The molecule has 37 heavy (non-hydrogen) atoms. The highest BCUT2D eigenvalue weighted by Gasteiger charge is 2.46. The van der Waals surface area contributed by atoms with Crippen LogP contribution in [0.4, 0.5) is 20.4 Å². The van der Waals surface area contributed by atoms with Crippen molar-refractivity contribution in [3.63, 3.8) is 0 Å². The number of benzene rings is 2. The zero-order valence-electron chi connectivity index (χ0n) is 19.3. The summed E-state index contributed by atoms with van der Waals surface area (Å²) in [6.45, 7) is 0. The summed E-state index contributed by atoms with van der Waals surface area (Å²) < 4.78 is 27.8. The van der Waals surface area contributed by atoms with Crippen molar-refractivity contribution in [2.45, 2.75) is 24.8 Å². The smallest absolute Gasteiger partial charge is 0.272 e. The van der Waals surface area contributed by atoms with Crippen molar-refractivity contribution < 1.29 is 18.4 Å². The van der Waals surface area contributed by atoms with Gasteiger partial charge in [0.15, 0.2) is 5.69 Å².